The maximum Gasteiger partial charge on any atom is 0.254 e. The zero-order chi connectivity index (χ0) is 26.8. The summed E-state index contributed by atoms with van der Waals surface area (Å²) in [7, 11) is 0. The first-order chi connectivity index (χ1) is 19.0. The van der Waals surface area contributed by atoms with Crippen molar-refractivity contribution in [3.05, 3.63) is 88.6 Å². The highest BCUT2D eigenvalue weighted by Gasteiger charge is 2.29. The minimum atomic E-state index is -0.202. The number of fused-ring (bicyclic) bond motifs is 2. The van der Waals surface area contributed by atoms with Gasteiger partial charge >= 0.3 is 0 Å². The molecule has 1 aromatic heterocycles. The van der Waals surface area contributed by atoms with Gasteiger partial charge in [-0.2, -0.15) is 0 Å². The first-order valence-corrected chi connectivity index (χ1v) is 13.4. The Labute approximate surface area is 231 Å². The van der Waals surface area contributed by atoms with Crippen molar-refractivity contribution in [1.82, 2.24) is 20.2 Å². The van der Waals surface area contributed by atoms with Crippen LogP contribution in [0, 0.1) is 0 Å². The number of rotatable bonds is 7. The predicted octanol–water partition coefficient (Wildman–Crippen LogP) is 4.81. The van der Waals surface area contributed by atoms with Crippen LogP contribution in [0.2, 0.25) is 5.02 Å². The summed E-state index contributed by atoms with van der Waals surface area (Å²) < 4.78 is 5.42. The topological polar surface area (TPSA) is 96.5 Å². The largest absolute Gasteiger partial charge is 0.381 e. The molecular weight excluding hydrogens is 514 g/mol. The van der Waals surface area contributed by atoms with Crippen LogP contribution in [-0.4, -0.2) is 52.5 Å². The van der Waals surface area contributed by atoms with Gasteiger partial charge in [0.05, 0.1) is 16.9 Å². The fourth-order valence-corrected chi connectivity index (χ4v) is 5.28. The van der Waals surface area contributed by atoms with Gasteiger partial charge in [-0.05, 0) is 46.9 Å². The second kappa shape index (κ2) is 11.0. The van der Waals surface area contributed by atoms with E-state index in [1.165, 1.54) is 0 Å². The number of ether oxygens (including phenoxy) is 1. The van der Waals surface area contributed by atoms with Crippen LogP contribution in [0.1, 0.15) is 34.3 Å². The molecule has 0 unspecified atom stereocenters. The molecule has 39 heavy (non-hydrogen) atoms. The molecule has 1 fully saturated rings. The number of carbonyl (C=O) groups excluding carboxylic acids is 2. The van der Waals surface area contributed by atoms with Gasteiger partial charge in [0.1, 0.15) is 6.54 Å². The number of carbonyl (C=O) groups is 2. The normalized spacial score (nSPS) is 15.4. The van der Waals surface area contributed by atoms with Crippen molar-refractivity contribution >= 4 is 40.1 Å². The Balaban J connectivity index is 1.11. The zero-order valence-corrected chi connectivity index (χ0v) is 22.1. The van der Waals surface area contributed by atoms with E-state index in [2.05, 4.69) is 32.7 Å². The number of nitrogens with zero attached hydrogens (tertiary/aromatic N) is 3. The standard InChI is InChI=1S/C30H28ClN5O3/c31-26-16-33-30(34-24-9-11-39-12-10-24)35-28(26)22-7-8-23-17-36(29(38)25(23)14-22)18-27(37)32-15-19-5-6-20-3-1-2-4-21(20)13-19/h1-8,13-14,16,24H,9-12,15,17-18H2,(H,32,37)(H,33,34,35). The molecule has 0 aliphatic carbocycles. The summed E-state index contributed by atoms with van der Waals surface area (Å²) in [6, 6.07) is 20.1. The lowest BCUT2D eigenvalue weighted by molar-refractivity contribution is -0.122. The molecule has 198 valence electrons. The lowest BCUT2D eigenvalue weighted by Crippen LogP contribution is -2.37. The molecule has 1 saturated heterocycles. The molecule has 0 saturated carbocycles. The average Bonchev–Trinajstić information content (AvgIpc) is 3.27. The summed E-state index contributed by atoms with van der Waals surface area (Å²) in [6.45, 7) is 2.20. The van der Waals surface area contributed by atoms with Crippen LogP contribution in [0.5, 0.6) is 0 Å². The Kier molecular flexibility index (Phi) is 7.13. The van der Waals surface area contributed by atoms with Crippen molar-refractivity contribution in [1.29, 1.82) is 0 Å². The zero-order valence-electron chi connectivity index (χ0n) is 21.3. The molecule has 0 bridgehead atoms. The highest BCUT2D eigenvalue weighted by Crippen LogP contribution is 2.31. The van der Waals surface area contributed by atoms with Crippen molar-refractivity contribution in [2.24, 2.45) is 0 Å². The summed E-state index contributed by atoms with van der Waals surface area (Å²) in [6.07, 6.45) is 3.35. The number of hydrogen-bond donors (Lipinski definition) is 2. The van der Waals surface area contributed by atoms with E-state index in [4.69, 9.17) is 16.3 Å². The van der Waals surface area contributed by atoms with Crippen molar-refractivity contribution in [3.8, 4) is 11.3 Å². The Bertz CT molecular complexity index is 1550. The fraction of sp³-hybridized carbons (Fsp3) is 0.267. The first-order valence-electron chi connectivity index (χ1n) is 13.1. The highest BCUT2D eigenvalue weighted by atomic mass is 35.5. The van der Waals surface area contributed by atoms with Gasteiger partial charge in [0.15, 0.2) is 0 Å². The smallest absolute Gasteiger partial charge is 0.254 e. The van der Waals surface area contributed by atoms with Crippen LogP contribution in [0.25, 0.3) is 22.0 Å². The van der Waals surface area contributed by atoms with Crippen LogP contribution in [0.4, 0.5) is 5.95 Å². The van der Waals surface area contributed by atoms with E-state index in [0.717, 1.165) is 40.3 Å². The number of hydrogen-bond acceptors (Lipinski definition) is 6. The number of benzene rings is 3. The van der Waals surface area contributed by atoms with Crippen molar-refractivity contribution in [2.45, 2.75) is 32.0 Å². The predicted molar refractivity (Wildman–Crippen MR) is 150 cm³/mol. The molecule has 9 heteroatoms. The summed E-state index contributed by atoms with van der Waals surface area (Å²) in [4.78, 5) is 36.5. The fourth-order valence-electron chi connectivity index (χ4n) is 5.08. The van der Waals surface area contributed by atoms with Crippen LogP contribution >= 0.6 is 11.6 Å². The van der Waals surface area contributed by atoms with Gasteiger partial charge in [-0.25, -0.2) is 9.97 Å². The third kappa shape index (κ3) is 5.57. The van der Waals surface area contributed by atoms with E-state index in [1.807, 2.05) is 42.5 Å². The molecule has 2 amide bonds. The van der Waals surface area contributed by atoms with E-state index < -0.39 is 0 Å². The number of amides is 2. The quantitative estimate of drug-likeness (QED) is 0.348. The van der Waals surface area contributed by atoms with E-state index in [-0.39, 0.29) is 24.4 Å². The van der Waals surface area contributed by atoms with Gasteiger partial charge < -0.3 is 20.3 Å². The first kappa shape index (κ1) is 25.3. The Morgan fingerprint density at radius 1 is 1.05 bits per heavy atom. The molecule has 3 aromatic carbocycles. The number of anilines is 1. The Hall–Kier alpha value is -4.01. The molecule has 2 N–H and O–H groups in total. The summed E-state index contributed by atoms with van der Waals surface area (Å²) >= 11 is 6.45. The second-order valence-corrected chi connectivity index (χ2v) is 10.3. The summed E-state index contributed by atoms with van der Waals surface area (Å²) in [5, 5.41) is 8.99. The number of nitrogens with one attached hydrogen (secondary N) is 2. The SMILES string of the molecule is O=C(CN1Cc2ccc(-c3nc(NC4CCOCC4)ncc3Cl)cc2C1=O)NCc1ccc2ccccc2c1. The Morgan fingerprint density at radius 3 is 2.72 bits per heavy atom. The molecule has 0 radical (unpaired) electrons. The van der Waals surface area contributed by atoms with Gasteiger partial charge in [0.2, 0.25) is 11.9 Å². The van der Waals surface area contributed by atoms with Gasteiger partial charge in [-0.15, -0.1) is 0 Å². The summed E-state index contributed by atoms with van der Waals surface area (Å²) in [5.41, 5.74) is 3.73. The molecule has 3 heterocycles. The van der Waals surface area contributed by atoms with Gasteiger partial charge in [0, 0.05) is 43.5 Å². The van der Waals surface area contributed by atoms with Crippen molar-refractivity contribution < 1.29 is 14.3 Å². The maximum absolute atomic E-state index is 13.2. The molecule has 0 spiro atoms. The molecule has 2 aliphatic heterocycles. The second-order valence-electron chi connectivity index (χ2n) is 9.91. The van der Waals surface area contributed by atoms with Gasteiger partial charge in [-0.3, -0.25) is 9.59 Å². The minimum Gasteiger partial charge on any atom is -0.381 e. The summed E-state index contributed by atoms with van der Waals surface area (Å²) in [5.74, 6) is 0.114. The van der Waals surface area contributed by atoms with Crippen molar-refractivity contribution in [2.75, 3.05) is 25.1 Å². The van der Waals surface area contributed by atoms with E-state index in [0.29, 0.717) is 48.5 Å². The molecular formula is C30H28ClN5O3. The van der Waals surface area contributed by atoms with Crippen LogP contribution < -0.4 is 10.6 Å². The molecule has 6 rings (SSSR count). The molecule has 4 aromatic rings. The van der Waals surface area contributed by atoms with Crippen molar-refractivity contribution in [3.63, 3.8) is 0 Å². The van der Waals surface area contributed by atoms with E-state index in [1.54, 1.807) is 17.2 Å². The maximum atomic E-state index is 13.2. The third-order valence-electron chi connectivity index (χ3n) is 7.20. The van der Waals surface area contributed by atoms with Gasteiger partial charge in [0.25, 0.3) is 5.91 Å². The average molecular weight is 542 g/mol. The Morgan fingerprint density at radius 2 is 1.87 bits per heavy atom. The monoisotopic (exact) mass is 541 g/mol. The molecule has 0 atom stereocenters. The lowest BCUT2D eigenvalue weighted by atomic mass is 10.0. The molecule has 8 nitrogen and oxygen atoms in total. The van der Waals surface area contributed by atoms with E-state index >= 15 is 0 Å². The molecule has 2 aliphatic rings. The lowest BCUT2D eigenvalue weighted by Gasteiger charge is -2.23. The minimum absolute atomic E-state index is 0.0101. The van der Waals surface area contributed by atoms with Crippen LogP contribution in [0.15, 0.2) is 66.9 Å². The van der Waals surface area contributed by atoms with Gasteiger partial charge in [-0.1, -0.05) is 60.1 Å². The number of aromatic nitrogens is 2. The highest BCUT2D eigenvalue weighted by molar-refractivity contribution is 6.33. The number of halogens is 1. The van der Waals surface area contributed by atoms with E-state index in [9.17, 15) is 9.59 Å². The third-order valence-corrected chi connectivity index (χ3v) is 7.48. The van der Waals surface area contributed by atoms with Crippen LogP contribution in [0.3, 0.4) is 0 Å². The van der Waals surface area contributed by atoms with Crippen LogP contribution in [-0.2, 0) is 22.6 Å².